The predicted octanol–water partition coefficient (Wildman–Crippen LogP) is 4.52. The van der Waals surface area contributed by atoms with Crippen LogP contribution in [0.15, 0.2) is 41.3 Å². The molecule has 0 amide bonds. The van der Waals surface area contributed by atoms with Gasteiger partial charge >= 0.3 is 0 Å². The second-order valence-corrected chi connectivity index (χ2v) is 8.89. The average molecular weight is 306 g/mol. The first-order valence-electron chi connectivity index (χ1n) is 7.34. The van der Waals surface area contributed by atoms with E-state index in [0.29, 0.717) is 4.90 Å². The van der Waals surface area contributed by atoms with E-state index in [9.17, 15) is 4.21 Å². The maximum absolute atomic E-state index is 13.4. The van der Waals surface area contributed by atoms with E-state index < -0.39 is 15.5 Å². The summed E-state index contributed by atoms with van der Waals surface area (Å²) >= 11 is 0. The Labute approximate surface area is 129 Å². The van der Waals surface area contributed by atoms with E-state index in [-0.39, 0.29) is 5.54 Å². The summed E-state index contributed by atoms with van der Waals surface area (Å²) in [6, 6.07) is 7.48. The van der Waals surface area contributed by atoms with Gasteiger partial charge in [0.2, 0.25) is 0 Å². The van der Waals surface area contributed by atoms with Gasteiger partial charge < -0.3 is 0 Å². The molecule has 0 saturated carbocycles. The highest BCUT2D eigenvalue weighted by atomic mass is 32.2. The maximum atomic E-state index is 13.4. The first-order chi connectivity index (χ1) is 9.52. The normalized spacial score (nSPS) is 28.2. The highest BCUT2D eigenvalue weighted by molar-refractivity contribution is 7.90. The zero-order chi connectivity index (χ0) is 16.1. The van der Waals surface area contributed by atoms with Gasteiger partial charge in [0.25, 0.3) is 0 Å². The van der Waals surface area contributed by atoms with Crippen molar-refractivity contribution in [3.63, 3.8) is 0 Å². The molecule has 1 heterocycles. The number of nitrogens with one attached hydrogen (secondary N) is 1. The number of hydrogen-bond donors (Lipinski definition) is 1. The summed E-state index contributed by atoms with van der Waals surface area (Å²) in [7, 11) is -3.04. The number of hydrogen-bond acceptors (Lipinski definition) is 2. The van der Waals surface area contributed by atoms with Crippen molar-refractivity contribution >= 4 is 9.92 Å². The summed E-state index contributed by atoms with van der Waals surface area (Å²) in [5, 5.41) is 0. The van der Waals surface area contributed by atoms with Crippen molar-refractivity contribution < 1.29 is 4.21 Å². The van der Waals surface area contributed by atoms with E-state index >= 15 is 0 Å². The van der Waals surface area contributed by atoms with Crippen LogP contribution in [-0.2, 0) is 9.92 Å². The molecule has 1 N–H and O–H groups in total. The zero-order valence-electron chi connectivity index (χ0n) is 13.7. The molecule has 0 bridgehead atoms. The fourth-order valence-electron chi connectivity index (χ4n) is 3.27. The monoisotopic (exact) mass is 306 g/mol. The smallest absolute Gasteiger partial charge is 0.138 e. The van der Waals surface area contributed by atoms with Gasteiger partial charge in [-0.1, -0.05) is 29.8 Å². The molecular formula is C17H26N2OS. The maximum Gasteiger partial charge on any atom is 0.138 e. The summed E-state index contributed by atoms with van der Waals surface area (Å²) in [6.45, 7) is 14.3. The molecule has 1 unspecified atom stereocenters. The molecule has 1 aliphatic rings. The molecule has 1 aliphatic heterocycles. The Morgan fingerprint density at radius 1 is 1.24 bits per heavy atom. The van der Waals surface area contributed by atoms with Gasteiger partial charge in [-0.2, -0.15) is 4.31 Å². The van der Waals surface area contributed by atoms with E-state index in [2.05, 4.69) is 27.4 Å². The molecule has 2 atom stereocenters. The molecule has 1 aromatic carbocycles. The lowest BCUT2D eigenvalue weighted by atomic mass is 9.92. The molecule has 2 rings (SSSR count). The van der Waals surface area contributed by atoms with Gasteiger partial charge in [0.15, 0.2) is 0 Å². The van der Waals surface area contributed by atoms with Gasteiger partial charge in [-0.25, -0.2) is 8.99 Å². The van der Waals surface area contributed by atoms with Crippen molar-refractivity contribution in [2.75, 3.05) is 0 Å². The number of rotatable bonds is 3. The minimum atomic E-state index is -3.04. The van der Waals surface area contributed by atoms with Crippen molar-refractivity contribution in [2.45, 2.75) is 63.4 Å². The predicted molar refractivity (Wildman–Crippen MR) is 88.7 cm³/mol. The highest BCUT2D eigenvalue weighted by Gasteiger charge is 2.52. The Morgan fingerprint density at radius 2 is 1.76 bits per heavy atom. The molecule has 4 heteroatoms. The Kier molecular flexibility index (Phi) is 3.83. The van der Waals surface area contributed by atoms with Crippen LogP contribution in [0.3, 0.4) is 0 Å². The average Bonchev–Trinajstić information content (AvgIpc) is 2.62. The van der Waals surface area contributed by atoms with Crippen LogP contribution < -0.4 is 0 Å². The Morgan fingerprint density at radius 3 is 2.24 bits per heavy atom. The fraction of sp³-hybridized carbons (Fsp3) is 0.529. The third-order valence-corrected chi connectivity index (χ3v) is 7.06. The minimum Gasteiger partial charge on any atom is -0.236 e. The topological polar surface area (TPSA) is 44.2 Å². The minimum absolute atomic E-state index is 0.280. The van der Waals surface area contributed by atoms with E-state index in [1.54, 1.807) is 0 Å². The van der Waals surface area contributed by atoms with Crippen LogP contribution in [0.2, 0.25) is 0 Å². The van der Waals surface area contributed by atoms with Crippen molar-refractivity contribution in [1.29, 1.82) is 4.78 Å². The van der Waals surface area contributed by atoms with Gasteiger partial charge in [-0.3, -0.25) is 0 Å². The molecule has 0 spiro atoms. The van der Waals surface area contributed by atoms with E-state index in [4.69, 9.17) is 4.78 Å². The summed E-state index contributed by atoms with van der Waals surface area (Å²) in [5.41, 5.74) is 1.41. The van der Waals surface area contributed by atoms with Gasteiger partial charge in [0.05, 0.1) is 10.4 Å². The Bertz CT molecular complexity index is 659. The van der Waals surface area contributed by atoms with Crippen molar-refractivity contribution in [3.8, 4) is 0 Å². The largest absolute Gasteiger partial charge is 0.236 e. The summed E-state index contributed by atoms with van der Waals surface area (Å²) < 4.78 is 23.9. The second-order valence-electron chi connectivity index (χ2n) is 7.00. The summed E-state index contributed by atoms with van der Waals surface area (Å²) in [4.78, 5) is 0.579. The van der Waals surface area contributed by atoms with E-state index in [1.807, 2.05) is 42.4 Å². The lowest BCUT2D eigenvalue weighted by Crippen LogP contribution is -2.53. The quantitative estimate of drug-likeness (QED) is 0.820. The fourth-order valence-corrected chi connectivity index (χ4v) is 5.58. The van der Waals surface area contributed by atoms with Crippen LogP contribution in [0.1, 0.15) is 46.1 Å². The summed E-state index contributed by atoms with van der Waals surface area (Å²) in [6.07, 6.45) is 1.80. The number of aryl methyl sites for hydroxylation is 1. The lowest BCUT2D eigenvalue weighted by Gasteiger charge is -2.43. The van der Waals surface area contributed by atoms with Crippen molar-refractivity contribution in [2.24, 2.45) is 0 Å². The first-order valence-corrected chi connectivity index (χ1v) is 8.85. The molecule has 0 aromatic heterocycles. The van der Waals surface area contributed by atoms with Crippen molar-refractivity contribution in [3.05, 3.63) is 42.0 Å². The molecule has 3 nitrogen and oxygen atoms in total. The molecule has 1 saturated heterocycles. The highest BCUT2D eigenvalue weighted by Crippen LogP contribution is 2.47. The van der Waals surface area contributed by atoms with Gasteiger partial charge in [-0.05, 0) is 59.6 Å². The molecular weight excluding hydrogens is 280 g/mol. The van der Waals surface area contributed by atoms with E-state index in [0.717, 1.165) is 24.0 Å². The van der Waals surface area contributed by atoms with Crippen LogP contribution in [0.4, 0.5) is 0 Å². The first kappa shape index (κ1) is 16.2. The van der Waals surface area contributed by atoms with Crippen LogP contribution in [0.5, 0.6) is 0 Å². The molecule has 1 aromatic rings. The van der Waals surface area contributed by atoms with Crippen LogP contribution in [-0.4, -0.2) is 19.6 Å². The molecule has 1 fully saturated rings. The third kappa shape index (κ3) is 2.55. The number of benzene rings is 1. The number of nitrogens with zero attached hydrogens (tertiary/aromatic N) is 1. The van der Waals surface area contributed by atoms with Gasteiger partial charge in [0, 0.05) is 5.54 Å². The molecule has 116 valence electrons. The standard InChI is InChI=1S/C17H26N2OS/c1-13(2)17(6)12-11-16(4,5)19(17)21(18,20)15-9-7-14(3)8-10-15/h7-10,18H,1,11-12H2,2-6H3/t17-,21?/m1/s1. The molecule has 0 radical (unpaired) electrons. The summed E-state index contributed by atoms with van der Waals surface area (Å²) in [5.74, 6) is 0. The Balaban J connectivity index is 2.60. The zero-order valence-corrected chi connectivity index (χ0v) is 14.5. The van der Waals surface area contributed by atoms with Crippen LogP contribution >= 0.6 is 0 Å². The Hall–Kier alpha value is -1.13. The SMILES string of the molecule is C=C(C)[C@@]1(C)CCC(C)(C)N1S(=N)(=O)c1ccc(C)cc1. The molecule has 21 heavy (non-hydrogen) atoms. The second kappa shape index (κ2) is 4.96. The van der Waals surface area contributed by atoms with E-state index in [1.165, 1.54) is 0 Å². The van der Waals surface area contributed by atoms with Crippen LogP contribution in [0.25, 0.3) is 0 Å². The van der Waals surface area contributed by atoms with Gasteiger partial charge in [-0.15, -0.1) is 0 Å². The van der Waals surface area contributed by atoms with Crippen molar-refractivity contribution in [1.82, 2.24) is 4.31 Å². The lowest BCUT2D eigenvalue weighted by molar-refractivity contribution is 0.209. The third-order valence-electron chi connectivity index (χ3n) is 4.74. The molecule has 0 aliphatic carbocycles. The van der Waals surface area contributed by atoms with Crippen LogP contribution in [0, 0.1) is 11.7 Å². The van der Waals surface area contributed by atoms with Gasteiger partial charge in [0.1, 0.15) is 9.92 Å².